The number of carboxylic acids is 1. The number of aliphatic carboxylic acids is 1. The number of ether oxygens (including phenoxy) is 4. The zero-order valence-electron chi connectivity index (χ0n) is 17.9. The van der Waals surface area contributed by atoms with Crippen molar-refractivity contribution in [3.05, 3.63) is 47.5 Å². The molecule has 2 atom stereocenters. The van der Waals surface area contributed by atoms with E-state index in [1.165, 1.54) is 0 Å². The van der Waals surface area contributed by atoms with Crippen LogP contribution < -0.4 is 18.9 Å². The third kappa shape index (κ3) is 4.16. The molecule has 0 bridgehead atoms. The Kier molecular flexibility index (Phi) is 7.05. The predicted molar refractivity (Wildman–Crippen MR) is 113 cm³/mol. The summed E-state index contributed by atoms with van der Waals surface area (Å²) in [5, 5.41) is 9.92. The molecule has 7 nitrogen and oxygen atoms in total. The Morgan fingerprint density at radius 3 is 2.17 bits per heavy atom. The first-order chi connectivity index (χ1) is 14.5. The van der Waals surface area contributed by atoms with Crippen LogP contribution in [0, 0.1) is 0 Å². The lowest BCUT2D eigenvalue weighted by Gasteiger charge is -2.40. The fourth-order valence-electron chi connectivity index (χ4n) is 4.23. The maximum absolute atomic E-state index is 12.1. The summed E-state index contributed by atoms with van der Waals surface area (Å²) in [7, 11) is 6.32. The van der Waals surface area contributed by atoms with Crippen molar-refractivity contribution in [2.45, 2.75) is 31.3 Å². The largest absolute Gasteiger partial charge is 0.496 e. The van der Waals surface area contributed by atoms with Gasteiger partial charge in [0.25, 0.3) is 0 Å². The molecule has 0 amide bonds. The highest BCUT2D eigenvalue weighted by Gasteiger charge is 2.37. The van der Waals surface area contributed by atoms with Crippen LogP contribution in [0.2, 0.25) is 0 Å². The van der Waals surface area contributed by atoms with Gasteiger partial charge in [-0.3, -0.25) is 9.69 Å². The molecular formula is C23H29NO6. The molecule has 1 fully saturated rings. The minimum Gasteiger partial charge on any atom is -0.496 e. The Labute approximate surface area is 177 Å². The zero-order valence-corrected chi connectivity index (χ0v) is 17.9. The van der Waals surface area contributed by atoms with Gasteiger partial charge in [-0.15, -0.1) is 0 Å². The van der Waals surface area contributed by atoms with Crippen LogP contribution in [0.3, 0.4) is 0 Å². The average Bonchev–Trinajstić information content (AvgIpc) is 2.79. The Morgan fingerprint density at radius 2 is 1.60 bits per heavy atom. The van der Waals surface area contributed by atoms with E-state index in [9.17, 15) is 9.90 Å². The minimum absolute atomic E-state index is 0.351. The van der Waals surface area contributed by atoms with Crippen LogP contribution in [0.5, 0.6) is 23.0 Å². The SMILES string of the molecule is COc1ccccc1C(c1cc(OC)c(OC)c(OC)c1)N1CCCCC1C(=O)O. The van der Waals surface area contributed by atoms with Gasteiger partial charge in [-0.2, -0.15) is 0 Å². The maximum Gasteiger partial charge on any atom is 0.320 e. The van der Waals surface area contributed by atoms with Gasteiger partial charge >= 0.3 is 5.97 Å². The zero-order chi connectivity index (χ0) is 21.7. The molecule has 162 valence electrons. The third-order valence-corrected chi connectivity index (χ3v) is 5.60. The number of benzene rings is 2. The molecule has 30 heavy (non-hydrogen) atoms. The number of nitrogens with zero attached hydrogens (tertiary/aromatic N) is 1. The molecule has 1 aliphatic heterocycles. The lowest BCUT2D eigenvalue weighted by molar-refractivity contribution is -0.145. The molecule has 0 spiro atoms. The van der Waals surface area contributed by atoms with Gasteiger partial charge in [-0.25, -0.2) is 0 Å². The summed E-state index contributed by atoms with van der Waals surface area (Å²) in [6, 6.07) is 10.5. The minimum atomic E-state index is -0.818. The Bertz CT molecular complexity index is 859. The fraction of sp³-hybridized carbons (Fsp3) is 0.435. The van der Waals surface area contributed by atoms with E-state index in [0.717, 1.165) is 24.0 Å². The van der Waals surface area contributed by atoms with Crippen molar-refractivity contribution in [3.8, 4) is 23.0 Å². The molecule has 7 heteroatoms. The molecule has 1 heterocycles. The van der Waals surface area contributed by atoms with Crippen LogP contribution in [0.4, 0.5) is 0 Å². The van der Waals surface area contributed by atoms with Gasteiger partial charge in [0.1, 0.15) is 11.8 Å². The van der Waals surface area contributed by atoms with Gasteiger partial charge in [0, 0.05) is 5.56 Å². The summed E-state index contributed by atoms with van der Waals surface area (Å²) in [6.45, 7) is 0.663. The number of para-hydroxylation sites is 1. The summed E-state index contributed by atoms with van der Waals surface area (Å²) in [4.78, 5) is 14.1. The maximum atomic E-state index is 12.1. The second-order valence-corrected chi connectivity index (χ2v) is 7.19. The van der Waals surface area contributed by atoms with Crippen LogP contribution >= 0.6 is 0 Å². The smallest absolute Gasteiger partial charge is 0.320 e. The number of likely N-dealkylation sites (tertiary alicyclic amines) is 1. The predicted octanol–water partition coefficient (Wildman–Crippen LogP) is 3.75. The van der Waals surface area contributed by atoms with E-state index in [1.54, 1.807) is 28.4 Å². The van der Waals surface area contributed by atoms with Gasteiger partial charge in [0.15, 0.2) is 11.5 Å². The molecule has 0 aliphatic carbocycles. The monoisotopic (exact) mass is 415 g/mol. The van der Waals surface area contributed by atoms with Crippen molar-refractivity contribution in [1.29, 1.82) is 0 Å². The van der Waals surface area contributed by atoms with E-state index in [-0.39, 0.29) is 6.04 Å². The first-order valence-electron chi connectivity index (χ1n) is 9.97. The lowest BCUT2D eigenvalue weighted by Crippen LogP contribution is -2.46. The number of hydrogen-bond acceptors (Lipinski definition) is 6. The Balaban J connectivity index is 2.23. The number of rotatable bonds is 8. The number of hydrogen-bond donors (Lipinski definition) is 1. The number of methoxy groups -OCH3 is 4. The molecular weight excluding hydrogens is 386 g/mol. The van der Waals surface area contributed by atoms with Crippen LogP contribution in [0.25, 0.3) is 0 Å². The molecule has 2 aromatic carbocycles. The normalized spacial score (nSPS) is 17.8. The highest BCUT2D eigenvalue weighted by molar-refractivity contribution is 5.74. The lowest BCUT2D eigenvalue weighted by atomic mass is 9.90. The van der Waals surface area contributed by atoms with E-state index in [1.807, 2.05) is 41.3 Å². The van der Waals surface area contributed by atoms with Crippen LogP contribution in [0.1, 0.15) is 36.4 Å². The summed E-state index contributed by atoms with van der Waals surface area (Å²) < 4.78 is 22.2. The number of piperidine rings is 1. The Hall–Kier alpha value is -2.93. The van der Waals surface area contributed by atoms with Crippen molar-refractivity contribution in [2.75, 3.05) is 35.0 Å². The highest BCUT2D eigenvalue weighted by Crippen LogP contribution is 2.45. The second kappa shape index (κ2) is 9.71. The number of carbonyl (C=O) groups is 1. The van der Waals surface area contributed by atoms with Crippen molar-refractivity contribution >= 4 is 5.97 Å². The van der Waals surface area contributed by atoms with E-state index in [4.69, 9.17) is 18.9 Å². The third-order valence-electron chi connectivity index (χ3n) is 5.60. The molecule has 0 aromatic heterocycles. The van der Waals surface area contributed by atoms with Crippen LogP contribution in [0.15, 0.2) is 36.4 Å². The first-order valence-corrected chi connectivity index (χ1v) is 9.97. The van der Waals surface area contributed by atoms with Crippen LogP contribution in [-0.2, 0) is 4.79 Å². The van der Waals surface area contributed by atoms with Crippen molar-refractivity contribution < 1.29 is 28.8 Å². The van der Waals surface area contributed by atoms with Gasteiger partial charge in [-0.1, -0.05) is 24.6 Å². The standard InChI is InChI=1S/C23H29NO6/c1-27-18-11-6-5-9-16(18)21(24-12-8-7-10-17(24)23(25)26)15-13-19(28-2)22(30-4)20(14-15)29-3/h5-6,9,11,13-14,17,21H,7-8,10,12H2,1-4H3,(H,25,26). The van der Waals surface area contributed by atoms with E-state index < -0.39 is 12.0 Å². The van der Waals surface area contributed by atoms with Crippen molar-refractivity contribution in [1.82, 2.24) is 4.90 Å². The molecule has 3 rings (SSSR count). The average molecular weight is 415 g/mol. The van der Waals surface area contributed by atoms with Crippen molar-refractivity contribution in [2.24, 2.45) is 0 Å². The highest BCUT2D eigenvalue weighted by atomic mass is 16.5. The van der Waals surface area contributed by atoms with E-state index in [0.29, 0.717) is 36.0 Å². The van der Waals surface area contributed by atoms with E-state index >= 15 is 0 Å². The second-order valence-electron chi connectivity index (χ2n) is 7.19. The quantitative estimate of drug-likeness (QED) is 0.704. The number of carboxylic acid groups (broad SMARTS) is 1. The summed E-state index contributed by atoms with van der Waals surface area (Å²) in [5.74, 6) is 1.43. The van der Waals surface area contributed by atoms with Gasteiger partial charge < -0.3 is 24.1 Å². The Morgan fingerprint density at radius 1 is 0.967 bits per heavy atom. The molecule has 2 unspecified atom stereocenters. The molecule has 0 radical (unpaired) electrons. The summed E-state index contributed by atoms with van der Waals surface area (Å²) in [5.41, 5.74) is 1.74. The van der Waals surface area contributed by atoms with Gasteiger partial charge in [0.2, 0.25) is 5.75 Å². The van der Waals surface area contributed by atoms with Crippen molar-refractivity contribution in [3.63, 3.8) is 0 Å². The topological polar surface area (TPSA) is 77.5 Å². The van der Waals surface area contributed by atoms with Crippen LogP contribution in [-0.4, -0.2) is 57.0 Å². The molecule has 1 saturated heterocycles. The molecule has 0 saturated carbocycles. The first kappa shape index (κ1) is 21.8. The fourth-order valence-corrected chi connectivity index (χ4v) is 4.23. The van der Waals surface area contributed by atoms with E-state index in [2.05, 4.69) is 0 Å². The van der Waals surface area contributed by atoms with Gasteiger partial charge in [-0.05, 0) is 43.1 Å². The molecule has 1 N–H and O–H groups in total. The van der Waals surface area contributed by atoms with Gasteiger partial charge in [0.05, 0.1) is 34.5 Å². The summed E-state index contributed by atoms with van der Waals surface area (Å²) in [6.07, 6.45) is 2.42. The summed E-state index contributed by atoms with van der Waals surface area (Å²) >= 11 is 0. The molecule has 1 aliphatic rings. The molecule has 2 aromatic rings.